The third kappa shape index (κ3) is 2.23. The van der Waals surface area contributed by atoms with Crippen LogP contribution in [0.2, 0.25) is 0 Å². The largest absolute Gasteiger partial charge is 0.495 e. The van der Waals surface area contributed by atoms with Crippen LogP contribution in [-0.2, 0) is 0 Å². The van der Waals surface area contributed by atoms with Crippen molar-refractivity contribution in [3.63, 3.8) is 0 Å². The predicted molar refractivity (Wildman–Crippen MR) is 64.5 cm³/mol. The molecule has 0 aromatic heterocycles. The molecule has 0 radical (unpaired) electrons. The zero-order valence-electron chi connectivity index (χ0n) is 8.69. The molecule has 1 saturated heterocycles. The monoisotopic (exact) mass is 226 g/mol. The number of benzene rings is 1. The molecule has 1 aromatic rings. The summed E-state index contributed by atoms with van der Waals surface area (Å²) in [5.74, 6) is 1.54. The van der Waals surface area contributed by atoms with Crippen LogP contribution < -0.4 is 9.64 Å². The average molecular weight is 227 g/mol. The van der Waals surface area contributed by atoms with Gasteiger partial charge >= 0.3 is 0 Å². The van der Waals surface area contributed by atoms with Crippen molar-refractivity contribution in [2.45, 2.75) is 12.8 Å². The predicted octanol–water partition coefficient (Wildman–Crippen LogP) is 2.69. The number of amidine groups is 1. The topological polar surface area (TPSA) is 36.3 Å². The van der Waals surface area contributed by atoms with Crippen molar-refractivity contribution >= 4 is 23.9 Å². The van der Waals surface area contributed by atoms with Gasteiger partial charge in [0.15, 0.2) is 0 Å². The normalized spacial score (nSPS) is 15.0. The third-order valence-corrected chi connectivity index (χ3v) is 2.50. The molecule has 1 aliphatic rings. The van der Waals surface area contributed by atoms with Gasteiger partial charge in [0.1, 0.15) is 11.6 Å². The van der Waals surface area contributed by atoms with Crippen molar-refractivity contribution in [2.75, 3.05) is 18.6 Å². The Morgan fingerprint density at radius 2 is 2.07 bits per heavy atom. The van der Waals surface area contributed by atoms with Crippen LogP contribution in [0.15, 0.2) is 24.3 Å². The minimum Gasteiger partial charge on any atom is -0.495 e. The number of nitrogens with one attached hydrogen (secondary N) is 1. The molecule has 1 aromatic carbocycles. The van der Waals surface area contributed by atoms with E-state index in [0.29, 0.717) is 5.84 Å². The number of hydrogen-bond donors (Lipinski definition) is 1. The van der Waals surface area contributed by atoms with Crippen molar-refractivity contribution < 1.29 is 4.74 Å². The summed E-state index contributed by atoms with van der Waals surface area (Å²) in [5, 5.41) is 7.79. The molecule has 1 aliphatic heterocycles. The first-order valence-electron chi connectivity index (χ1n) is 4.81. The zero-order chi connectivity index (χ0) is 9.97. The number of ether oxygens (including phenoxy) is 1. The Labute approximate surface area is 96.0 Å². The number of anilines is 1. The zero-order valence-corrected chi connectivity index (χ0v) is 9.51. The van der Waals surface area contributed by atoms with Crippen LogP contribution in [0.25, 0.3) is 0 Å². The van der Waals surface area contributed by atoms with E-state index in [1.54, 1.807) is 7.11 Å². The van der Waals surface area contributed by atoms with Gasteiger partial charge in [-0.25, -0.2) is 0 Å². The number of para-hydroxylation sites is 2. The molecule has 82 valence electrons. The molecule has 0 spiro atoms. The highest BCUT2D eigenvalue weighted by Gasteiger charge is 2.20. The van der Waals surface area contributed by atoms with E-state index in [9.17, 15) is 0 Å². The van der Waals surface area contributed by atoms with Crippen LogP contribution in [0.5, 0.6) is 5.75 Å². The van der Waals surface area contributed by atoms with Crippen molar-refractivity contribution in [3.05, 3.63) is 24.3 Å². The van der Waals surface area contributed by atoms with E-state index >= 15 is 0 Å². The van der Waals surface area contributed by atoms with E-state index < -0.39 is 0 Å². The summed E-state index contributed by atoms with van der Waals surface area (Å²) >= 11 is 0. The van der Waals surface area contributed by atoms with Gasteiger partial charge < -0.3 is 9.64 Å². The first-order chi connectivity index (χ1) is 6.83. The second kappa shape index (κ2) is 5.03. The van der Waals surface area contributed by atoms with E-state index in [-0.39, 0.29) is 12.4 Å². The van der Waals surface area contributed by atoms with E-state index in [1.807, 2.05) is 29.2 Å². The van der Waals surface area contributed by atoms with Crippen molar-refractivity contribution in [3.8, 4) is 5.75 Å². The Bertz CT molecular complexity index is 354. The van der Waals surface area contributed by atoms with Crippen LogP contribution in [0.3, 0.4) is 0 Å². The lowest BCUT2D eigenvalue weighted by Crippen LogP contribution is -2.23. The van der Waals surface area contributed by atoms with E-state index in [0.717, 1.165) is 30.8 Å². The summed E-state index contributed by atoms with van der Waals surface area (Å²) in [7, 11) is 1.67. The fourth-order valence-corrected chi connectivity index (χ4v) is 1.79. The minimum atomic E-state index is 0. The van der Waals surface area contributed by atoms with Gasteiger partial charge in [-0.3, -0.25) is 5.41 Å². The third-order valence-electron chi connectivity index (χ3n) is 2.50. The van der Waals surface area contributed by atoms with Crippen LogP contribution in [-0.4, -0.2) is 19.5 Å². The molecule has 1 heterocycles. The fraction of sp³-hybridized carbons (Fsp3) is 0.364. The molecule has 0 saturated carbocycles. The van der Waals surface area contributed by atoms with Crippen LogP contribution >= 0.6 is 12.4 Å². The SMILES string of the molecule is COc1ccccc1N1CCCC1=N.Cl. The standard InChI is InChI=1S/C11H14N2O.ClH/c1-14-10-6-3-2-5-9(10)13-8-4-7-11(13)12;/h2-3,5-6,12H,4,7-8H2,1H3;1H. The molecular weight excluding hydrogens is 212 g/mol. The second-order valence-corrected chi connectivity index (χ2v) is 3.37. The molecule has 0 aliphatic carbocycles. The lowest BCUT2D eigenvalue weighted by Gasteiger charge is -2.20. The first kappa shape index (κ1) is 11.9. The van der Waals surface area contributed by atoms with Crippen LogP contribution in [0, 0.1) is 5.41 Å². The maximum atomic E-state index is 7.79. The van der Waals surface area contributed by atoms with Crippen molar-refractivity contribution in [2.24, 2.45) is 0 Å². The maximum absolute atomic E-state index is 7.79. The molecule has 3 nitrogen and oxygen atoms in total. The Kier molecular flexibility index (Phi) is 3.97. The molecule has 4 heteroatoms. The summed E-state index contributed by atoms with van der Waals surface area (Å²) in [6.07, 6.45) is 1.94. The van der Waals surface area contributed by atoms with Gasteiger partial charge in [0, 0.05) is 13.0 Å². The Morgan fingerprint density at radius 1 is 1.33 bits per heavy atom. The fourth-order valence-electron chi connectivity index (χ4n) is 1.79. The minimum absolute atomic E-state index is 0. The highest BCUT2D eigenvalue weighted by atomic mass is 35.5. The summed E-state index contributed by atoms with van der Waals surface area (Å²) in [5.41, 5.74) is 1.01. The molecule has 0 bridgehead atoms. The summed E-state index contributed by atoms with van der Waals surface area (Å²) < 4.78 is 5.27. The number of hydrogen-bond acceptors (Lipinski definition) is 2. The molecule has 0 atom stereocenters. The van der Waals surface area contributed by atoms with Gasteiger partial charge in [0.25, 0.3) is 0 Å². The number of rotatable bonds is 2. The highest BCUT2D eigenvalue weighted by Crippen LogP contribution is 2.30. The van der Waals surface area contributed by atoms with Gasteiger partial charge in [-0.05, 0) is 18.6 Å². The van der Waals surface area contributed by atoms with E-state index in [4.69, 9.17) is 10.1 Å². The molecule has 0 amide bonds. The van der Waals surface area contributed by atoms with Crippen molar-refractivity contribution in [1.29, 1.82) is 5.41 Å². The Hall–Kier alpha value is -1.22. The summed E-state index contributed by atoms with van der Waals surface area (Å²) in [4.78, 5) is 2.01. The quantitative estimate of drug-likeness (QED) is 0.842. The molecule has 1 N–H and O–H groups in total. The average Bonchev–Trinajstić information content (AvgIpc) is 2.64. The van der Waals surface area contributed by atoms with Crippen LogP contribution in [0.4, 0.5) is 5.69 Å². The molecule has 1 fully saturated rings. The first-order valence-corrected chi connectivity index (χ1v) is 4.81. The van der Waals surface area contributed by atoms with Crippen molar-refractivity contribution in [1.82, 2.24) is 0 Å². The van der Waals surface area contributed by atoms with E-state index in [1.165, 1.54) is 0 Å². The molecule has 0 unspecified atom stereocenters. The lowest BCUT2D eigenvalue weighted by atomic mass is 10.2. The van der Waals surface area contributed by atoms with Gasteiger partial charge in [0.05, 0.1) is 12.8 Å². The molecule has 15 heavy (non-hydrogen) atoms. The Morgan fingerprint density at radius 3 is 2.67 bits per heavy atom. The maximum Gasteiger partial charge on any atom is 0.142 e. The van der Waals surface area contributed by atoms with Crippen LogP contribution in [0.1, 0.15) is 12.8 Å². The highest BCUT2D eigenvalue weighted by molar-refractivity contribution is 5.98. The number of methoxy groups -OCH3 is 1. The summed E-state index contributed by atoms with van der Waals surface area (Å²) in [6, 6.07) is 7.85. The molecular formula is C11H15ClN2O. The van der Waals surface area contributed by atoms with E-state index in [2.05, 4.69) is 0 Å². The smallest absolute Gasteiger partial charge is 0.142 e. The number of nitrogens with zero attached hydrogens (tertiary/aromatic N) is 1. The van der Waals surface area contributed by atoms with Gasteiger partial charge in [-0.2, -0.15) is 0 Å². The lowest BCUT2D eigenvalue weighted by molar-refractivity contribution is 0.415. The summed E-state index contributed by atoms with van der Waals surface area (Å²) in [6.45, 7) is 0.930. The van der Waals surface area contributed by atoms with Gasteiger partial charge in [0.2, 0.25) is 0 Å². The Balaban J connectivity index is 0.00000112. The second-order valence-electron chi connectivity index (χ2n) is 3.37. The number of halogens is 1. The van der Waals surface area contributed by atoms with Gasteiger partial charge in [-0.1, -0.05) is 12.1 Å². The molecule has 2 rings (SSSR count). The van der Waals surface area contributed by atoms with Gasteiger partial charge in [-0.15, -0.1) is 12.4 Å².